The van der Waals surface area contributed by atoms with Gasteiger partial charge in [-0.25, -0.2) is 4.98 Å². The van der Waals surface area contributed by atoms with Crippen LogP contribution in [-0.2, 0) is 0 Å². The van der Waals surface area contributed by atoms with E-state index < -0.39 is 0 Å². The number of aromatic nitrogens is 2. The summed E-state index contributed by atoms with van der Waals surface area (Å²) in [6.07, 6.45) is 2.40. The third-order valence-electron chi connectivity index (χ3n) is 4.38. The normalized spacial score (nSPS) is 11.0. The zero-order chi connectivity index (χ0) is 19.4. The van der Waals surface area contributed by atoms with Crippen LogP contribution in [0.4, 0.5) is 0 Å². The number of hydrogen-bond donors (Lipinski definition) is 1. The van der Waals surface area contributed by atoms with Gasteiger partial charge < -0.3 is 10.1 Å². The second-order valence-electron chi connectivity index (χ2n) is 6.79. The molecule has 0 spiro atoms. The summed E-state index contributed by atoms with van der Waals surface area (Å²) in [4.78, 5) is 29.4. The van der Waals surface area contributed by atoms with Crippen molar-refractivity contribution in [3.8, 4) is 11.4 Å². The molecule has 1 heterocycles. The fourth-order valence-electron chi connectivity index (χ4n) is 2.77. The average molecular weight is 365 g/mol. The van der Waals surface area contributed by atoms with Gasteiger partial charge in [-0.3, -0.25) is 14.2 Å². The molecule has 0 fully saturated rings. The highest BCUT2D eigenvalue weighted by atomic mass is 16.5. The number of ether oxygens (including phenoxy) is 1. The lowest BCUT2D eigenvalue weighted by molar-refractivity contribution is 0.0952. The predicted molar refractivity (Wildman–Crippen MR) is 106 cm³/mol. The van der Waals surface area contributed by atoms with Crippen molar-refractivity contribution in [1.82, 2.24) is 14.9 Å². The van der Waals surface area contributed by atoms with Crippen molar-refractivity contribution < 1.29 is 9.53 Å². The summed E-state index contributed by atoms with van der Waals surface area (Å²) in [6.45, 7) is 4.85. The lowest BCUT2D eigenvalue weighted by Crippen LogP contribution is -2.25. The molecule has 1 N–H and O–H groups in total. The summed E-state index contributed by atoms with van der Waals surface area (Å²) < 4.78 is 6.62. The van der Waals surface area contributed by atoms with Crippen LogP contribution in [0, 0.1) is 5.92 Å². The molecule has 2 aromatic carbocycles. The Morgan fingerprint density at radius 3 is 2.59 bits per heavy atom. The molecule has 1 amide bonds. The summed E-state index contributed by atoms with van der Waals surface area (Å²) in [5.41, 5.74) is 1.52. The van der Waals surface area contributed by atoms with E-state index in [9.17, 15) is 9.59 Å². The van der Waals surface area contributed by atoms with Gasteiger partial charge in [-0.1, -0.05) is 13.8 Å². The second-order valence-corrected chi connectivity index (χ2v) is 6.79. The van der Waals surface area contributed by atoms with Gasteiger partial charge in [0.05, 0.1) is 23.7 Å². The molecule has 3 aromatic rings. The van der Waals surface area contributed by atoms with E-state index in [0.717, 1.165) is 6.42 Å². The van der Waals surface area contributed by atoms with Gasteiger partial charge in [-0.15, -0.1) is 0 Å². The highest BCUT2D eigenvalue weighted by molar-refractivity contribution is 5.97. The Labute approximate surface area is 157 Å². The number of rotatable bonds is 6. The van der Waals surface area contributed by atoms with Crippen molar-refractivity contribution >= 4 is 16.8 Å². The number of methoxy groups -OCH3 is 1. The van der Waals surface area contributed by atoms with Crippen molar-refractivity contribution in [2.45, 2.75) is 20.3 Å². The molecule has 140 valence electrons. The number of fused-ring (bicyclic) bond motifs is 1. The number of carbonyl (C=O) groups is 1. The minimum absolute atomic E-state index is 0.154. The molecular weight excluding hydrogens is 342 g/mol. The van der Waals surface area contributed by atoms with E-state index in [2.05, 4.69) is 24.1 Å². The number of benzene rings is 2. The first-order valence-corrected chi connectivity index (χ1v) is 8.93. The van der Waals surface area contributed by atoms with Crippen molar-refractivity contribution in [2.24, 2.45) is 5.92 Å². The predicted octanol–water partition coefficient (Wildman–Crippen LogP) is 3.17. The highest BCUT2D eigenvalue weighted by Crippen LogP contribution is 2.15. The Bertz CT molecular complexity index is 1010. The molecule has 0 atom stereocenters. The molecule has 0 aliphatic carbocycles. The lowest BCUT2D eigenvalue weighted by atomic mass is 10.1. The molecule has 27 heavy (non-hydrogen) atoms. The molecule has 0 aliphatic heterocycles. The quantitative estimate of drug-likeness (QED) is 0.728. The molecule has 6 nitrogen and oxygen atoms in total. The molecular formula is C21H23N3O3. The number of amides is 1. The smallest absolute Gasteiger partial charge is 0.265 e. The van der Waals surface area contributed by atoms with Crippen LogP contribution in [0.25, 0.3) is 16.6 Å². The van der Waals surface area contributed by atoms with Gasteiger partial charge in [-0.2, -0.15) is 0 Å². The van der Waals surface area contributed by atoms with Crippen LogP contribution in [0.1, 0.15) is 30.6 Å². The largest absolute Gasteiger partial charge is 0.497 e. The molecule has 6 heteroatoms. The SMILES string of the molecule is COc1ccc(-n2cnc3cc(C(=O)NCCC(C)C)ccc3c2=O)cc1. The molecule has 0 saturated heterocycles. The van der Waals surface area contributed by atoms with E-state index in [1.165, 1.54) is 10.9 Å². The number of nitrogens with one attached hydrogen (secondary N) is 1. The summed E-state index contributed by atoms with van der Waals surface area (Å²) in [5.74, 6) is 1.09. The molecule has 0 saturated carbocycles. The summed E-state index contributed by atoms with van der Waals surface area (Å²) >= 11 is 0. The number of hydrogen-bond acceptors (Lipinski definition) is 4. The van der Waals surface area contributed by atoms with Crippen molar-refractivity contribution in [1.29, 1.82) is 0 Å². The second kappa shape index (κ2) is 8.03. The molecule has 0 aliphatic rings. The lowest BCUT2D eigenvalue weighted by Gasteiger charge is -2.09. The first-order valence-electron chi connectivity index (χ1n) is 8.93. The van der Waals surface area contributed by atoms with Crippen LogP contribution >= 0.6 is 0 Å². The van der Waals surface area contributed by atoms with E-state index in [1.54, 1.807) is 49.6 Å². The van der Waals surface area contributed by atoms with E-state index >= 15 is 0 Å². The van der Waals surface area contributed by atoms with Crippen molar-refractivity contribution in [3.05, 3.63) is 64.7 Å². The third kappa shape index (κ3) is 4.16. The first-order chi connectivity index (χ1) is 13.0. The molecule has 0 radical (unpaired) electrons. The molecule has 3 rings (SSSR count). The Kier molecular flexibility index (Phi) is 5.54. The van der Waals surface area contributed by atoms with Gasteiger partial charge in [0, 0.05) is 12.1 Å². The number of carbonyl (C=O) groups excluding carboxylic acids is 1. The van der Waals surface area contributed by atoms with Gasteiger partial charge in [0.25, 0.3) is 11.5 Å². The van der Waals surface area contributed by atoms with Crippen molar-refractivity contribution in [2.75, 3.05) is 13.7 Å². The standard InChI is InChI=1S/C21H23N3O3/c1-14(2)10-11-22-20(25)15-4-9-18-19(12-15)23-13-24(21(18)26)16-5-7-17(27-3)8-6-16/h4-9,12-14H,10-11H2,1-3H3,(H,22,25). The van der Waals surface area contributed by atoms with E-state index in [1.807, 2.05) is 0 Å². The van der Waals surface area contributed by atoms with Crippen LogP contribution < -0.4 is 15.6 Å². The van der Waals surface area contributed by atoms with E-state index in [0.29, 0.717) is 40.4 Å². The Morgan fingerprint density at radius 2 is 1.93 bits per heavy atom. The van der Waals surface area contributed by atoms with Gasteiger partial charge in [-0.05, 0) is 54.8 Å². The Balaban J connectivity index is 1.88. The highest BCUT2D eigenvalue weighted by Gasteiger charge is 2.10. The van der Waals surface area contributed by atoms with Crippen molar-refractivity contribution in [3.63, 3.8) is 0 Å². The summed E-state index contributed by atoms with van der Waals surface area (Å²) in [6, 6.07) is 12.1. The van der Waals surface area contributed by atoms with Crippen LogP contribution in [-0.4, -0.2) is 29.1 Å². The zero-order valence-electron chi connectivity index (χ0n) is 15.7. The Morgan fingerprint density at radius 1 is 1.19 bits per heavy atom. The average Bonchev–Trinajstić information content (AvgIpc) is 2.68. The van der Waals surface area contributed by atoms with Crippen LogP contribution in [0.15, 0.2) is 53.6 Å². The summed E-state index contributed by atoms with van der Waals surface area (Å²) in [7, 11) is 1.59. The Hall–Kier alpha value is -3.15. The monoisotopic (exact) mass is 365 g/mol. The van der Waals surface area contributed by atoms with Crippen LogP contribution in [0.2, 0.25) is 0 Å². The summed E-state index contributed by atoms with van der Waals surface area (Å²) in [5, 5.41) is 3.36. The van der Waals surface area contributed by atoms with Gasteiger partial charge in [0.2, 0.25) is 0 Å². The maximum absolute atomic E-state index is 12.8. The molecule has 1 aromatic heterocycles. The molecule has 0 unspecified atom stereocenters. The van der Waals surface area contributed by atoms with Crippen LogP contribution in [0.3, 0.4) is 0 Å². The minimum atomic E-state index is -0.183. The van der Waals surface area contributed by atoms with Crippen LogP contribution in [0.5, 0.6) is 5.75 Å². The zero-order valence-corrected chi connectivity index (χ0v) is 15.7. The maximum Gasteiger partial charge on any atom is 0.265 e. The minimum Gasteiger partial charge on any atom is -0.497 e. The van der Waals surface area contributed by atoms with E-state index in [4.69, 9.17) is 4.74 Å². The van der Waals surface area contributed by atoms with Gasteiger partial charge in [0.15, 0.2) is 0 Å². The third-order valence-corrected chi connectivity index (χ3v) is 4.38. The maximum atomic E-state index is 12.8. The molecule has 0 bridgehead atoms. The fourth-order valence-corrected chi connectivity index (χ4v) is 2.77. The fraction of sp³-hybridized carbons (Fsp3) is 0.286. The van der Waals surface area contributed by atoms with Gasteiger partial charge >= 0.3 is 0 Å². The van der Waals surface area contributed by atoms with E-state index in [-0.39, 0.29) is 11.5 Å². The van der Waals surface area contributed by atoms with Gasteiger partial charge in [0.1, 0.15) is 12.1 Å². The number of nitrogens with zero attached hydrogens (tertiary/aromatic N) is 2. The first kappa shape index (κ1) is 18.6. The topological polar surface area (TPSA) is 73.2 Å².